The zero-order valence-electron chi connectivity index (χ0n) is 13.9. The van der Waals surface area contributed by atoms with Gasteiger partial charge in [0.2, 0.25) is 0 Å². The van der Waals surface area contributed by atoms with Gasteiger partial charge in [0.05, 0.1) is 6.42 Å². The molecule has 1 aromatic carbocycles. The van der Waals surface area contributed by atoms with Crippen molar-refractivity contribution in [2.45, 2.75) is 72.6 Å². The number of aliphatic carboxylic acids is 1. The molecule has 0 aromatic heterocycles. The number of benzene rings is 1. The molecule has 1 saturated carbocycles. The lowest BCUT2D eigenvalue weighted by atomic mass is 9.76. The molecule has 2 nitrogen and oxygen atoms in total. The van der Waals surface area contributed by atoms with Gasteiger partial charge in [-0.1, -0.05) is 18.9 Å². The van der Waals surface area contributed by atoms with E-state index >= 15 is 0 Å². The second-order valence-corrected chi connectivity index (χ2v) is 7.02. The molecule has 0 radical (unpaired) electrons. The van der Waals surface area contributed by atoms with Crippen LogP contribution in [-0.2, 0) is 11.2 Å². The minimum absolute atomic E-state index is 0.0440. The Bertz CT molecular complexity index is 511. The first-order chi connectivity index (χ1) is 9.84. The van der Waals surface area contributed by atoms with Crippen molar-refractivity contribution >= 4 is 5.97 Å². The van der Waals surface area contributed by atoms with Crippen LogP contribution in [0.25, 0.3) is 0 Å². The Kier molecular flexibility index (Phi) is 4.75. The molecule has 0 spiro atoms. The Morgan fingerprint density at radius 2 is 1.62 bits per heavy atom. The normalized spacial score (nSPS) is 17.1. The van der Waals surface area contributed by atoms with E-state index in [0.717, 1.165) is 25.7 Å². The zero-order chi connectivity index (χ0) is 15.6. The maximum Gasteiger partial charge on any atom is 0.303 e. The molecule has 21 heavy (non-hydrogen) atoms. The number of aryl methyl sites for hydroxylation is 2. The predicted molar refractivity (Wildman–Crippen MR) is 86.9 cm³/mol. The third kappa shape index (κ3) is 3.48. The fourth-order valence-corrected chi connectivity index (χ4v) is 4.02. The second kappa shape index (κ2) is 6.21. The van der Waals surface area contributed by atoms with Crippen molar-refractivity contribution in [1.29, 1.82) is 0 Å². The van der Waals surface area contributed by atoms with Crippen LogP contribution < -0.4 is 0 Å². The third-order valence-corrected chi connectivity index (χ3v) is 5.62. The van der Waals surface area contributed by atoms with Crippen molar-refractivity contribution in [3.63, 3.8) is 0 Å². The number of carbonyl (C=O) groups is 1. The van der Waals surface area contributed by atoms with Gasteiger partial charge in [0.15, 0.2) is 0 Å². The summed E-state index contributed by atoms with van der Waals surface area (Å²) in [5.41, 5.74) is 6.98. The van der Waals surface area contributed by atoms with E-state index in [4.69, 9.17) is 0 Å². The molecule has 0 unspecified atom stereocenters. The number of hydrogen-bond acceptors (Lipinski definition) is 1. The summed E-state index contributed by atoms with van der Waals surface area (Å²) in [6, 6.07) is 2.26. The van der Waals surface area contributed by atoms with Gasteiger partial charge >= 0.3 is 5.97 Å². The summed E-state index contributed by atoms with van der Waals surface area (Å²) in [5.74, 6) is -0.634. The summed E-state index contributed by atoms with van der Waals surface area (Å²) in [6.07, 6.45) is 6.94. The first kappa shape index (κ1) is 16.1. The van der Waals surface area contributed by atoms with Gasteiger partial charge in [0.25, 0.3) is 0 Å². The van der Waals surface area contributed by atoms with Crippen molar-refractivity contribution in [3.05, 3.63) is 33.9 Å². The monoisotopic (exact) mass is 288 g/mol. The lowest BCUT2D eigenvalue weighted by molar-refractivity contribution is -0.139. The minimum Gasteiger partial charge on any atom is -0.481 e. The molecule has 0 amide bonds. The van der Waals surface area contributed by atoms with Gasteiger partial charge in [0.1, 0.15) is 0 Å². The number of rotatable bonds is 5. The van der Waals surface area contributed by atoms with Crippen LogP contribution in [0.15, 0.2) is 6.07 Å². The number of carboxylic acids is 1. The Morgan fingerprint density at radius 1 is 1.10 bits per heavy atom. The first-order valence-corrected chi connectivity index (χ1v) is 8.13. The van der Waals surface area contributed by atoms with Crippen LogP contribution in [0.3, 0.4) is 0 Å². The highest BCUT2D eigenvalue weighted by Gasteiger charge is 2.35. The maximum absolute atomic E-state index is 11.2. The van der Waals surface area contributed by atoms with Crippen molar-refractivity contribution in [1.82, 2.24) is 0 Å². The molecule has 1 N–H and O–H groups in total. The summed E-state index contributed by atoms with van der Waals surface area (Å²) >= 11 is 0. The van der Waals surface area contributed by atoms with Gasteiger partial charge in [-0.2, -0.15) is 0 Å². The standard InChI is InChI=1S/C19H28O2/c1-13-11-14(2)16(4)17(15(13)3)7-10-19(12-18(20)21)8-5-6-9-19/h11H,5-10,12H2,1-4H3,(H,20,21). The minimum atomic E-state index is -0.634. The van der Waals surface area contributed by atoms with Gasteiger partial charge in [0, 0.05) is 0 Å². The highest BCUT2D eigenvalue weighted by molar-refractivity contribution is 5.67. The topological polar surface area (TPSA) is 37.3 Å². The van der Waals surface area contributed by atoms with E-state index in [-0.39, 0.29) is 5.41 Å². The average Bonchev–Trinajstić information content (AvgIpc) is 2.84. The maximum atomic E-state index is 11.2. The molecule has 0 heterocycles. The molecule has 0 saturated heterocycles. The SMILES string of the molecule is Cc1cc(C)c(C)c(CCC2(CC(=O)O)CCCC2)c1C. The summed E-state index contributed by atoms with van der Waals surface area (Å²) in [5, 5.41) is 9.23. The van der Waals surface area contributed by atoms with E-state index in [1.807, 2.05) is 0 Å². The van der Waals surface area contributed by atoms with E-state index in [9.17, 15) is 9.90 Å². The van der Waals surface area contributed by atoms with Crippen molar-refractivity contribution in [3.8, 4) is 0 Å². The Morgan fingerprint density at radius 3 is 2.10 bits per heavy atom. The molecule has 0 aliphatic heterocycles. The summed E-state index contributed by atoms with van der Waals surface area (Å²) in [6.45, 7) is 8.76. The quantitative estimate of drug-likeness (QED) is 0.837. The van der Waals surface area contributed by atoms with Crippen LogP contribution in [0.5, 0.6) is 0 Å². The van der Waals surface area contributed by atoms with Crippen LogP contribution in [-0.4, -0.2) is 11.1 Å². The second-order valence-electron chi connectivity index (χ2n) is 7.02. The molecular weight excluding hydrogens is 260 g/mol. The molecule has 1 aromatic rings. The van der Waals surface area contributed by atoms with E-state index < -0.39 is 5.97 Å². The third-order valence-electron chi connectivity index (χ3n) is 5.62. The van der Waals surface area contributed by atoms with Crippen molar-refractivity contribution in [2.75, 3.05) is 0 Å². The fourth-order valence-electron chi connectivity index (χ4n) is 4.02. The van der Waals surface area contributed by atoms with Crippen molar-refractivity contribution < 1.29 is 9.90 Å². The lowest BCUT2D eigenvalue weighted by Gasteiger charge is -2.28. The predicted octanol–water partition coefficient (Wildman–Crippen LogP) is 4.89. The summed E-state index contributed by atoms with van der Waals surface area (Å²) < 4.78 is 0. The Balaban J connectivity index is 2.20. The molecule has 0 atom stereocenters. The van der Waals surface area contributed by atoms with Crippen LogP contribution in [0.2, 0.25) is 0 Å². The van der Waals surface area contributed by atoms with Crippen molar-refractivity contribution in [2.24, 2.45) is 5.41 Å². The van der Waals surface area contributed by atoms with Gasteiger partial charge in [-0.15, -0.1) is 0 Å². The summed E-state index contributed by atoms with van der Waals surface area (Å²) in [7, 11) is 0. The van der Waals surface area contributed by atoms with Crippen LogP contribution in [0, 0.1) is 33.1 Å². The van der Waals surface area contributed by atoms with E-state index in [2.05, 4.69) is 33.8 Å². The lowest BCUT2D eigenvalue weighted by Crippen LogP contribution is -2.22. The molecule has 2 heteroatoms. The number of carboxylic acid groups (broad SMARTS) is 1. The van der Waals surface area contributed by atoms with Gasteiger partial charge in [-0.25, -0.2) is 0 Å². The molecule has 1 aliphatic carbocycles. The fraction of sp³-hybridized carbons (Fsp3) is 0.632. The number of hydrogen-bond donors (Lipinski definition) is 1. The Hall–Kier alpha value is -1.31. The largest absolute Gasteiger partial charge is 0.481 e. The highest BCUT2D eigenvalue weighted by atomic mass is 16.4. The zero-order valence-corrected chi connectivity index (χ0v) is 13.9. The van der Waals surface area contributed by atoms with Crippen LogP contribution >= 0.6 is 0 Å². The molecule has 2 rings (SSSR count). The van der Waals surface area contributed by atoms with Crippen LogP contribution in [0.4, 0.5) is 0 Å². The smallest absolute Gasteiger partial charge is 0.303 e. The molecule has 116 valence electrons. The Labute approximate surface area is 128 Å². The highest BCUT2D eigenvalue weighted by Crippen LogP contribution is 2.45. The van der Waals surface area contributed by atoms with E-state index in [1.165, 1.54) is 40.7 Å². The van der Waals surface area contributed by atoms with Gasteiger partial charge in [-0.05, 0) is 86.6 Å². The van der Waals surface area contributed by atoms with E-state index in [1.54, 1.807) is 0 Å². The molecule has 0 bridgehead atoms. The van der Waals surface area contributed by atoms with E-state index in [0.29, 0.717) is 6.42 Å². The van der Waals surface area contributed by atoms with Gasteiger partial charge in [-0.3, -0.25) is 4.79 Å². The molecule has 1 fully saturated rings. The summed E-state index contributed by atoms with van der Waals surface area (Å²) in [4.78, 5) is 11.2. The van der Waals surface area contributed by atoms with Crippen LogP contribution in [0.1, 0.15) is 66.3 Å². The molecular formula is C19H28O2. The van der Waals surface area contributed by atoms with Gasteiger partial charge < -0.3 is 5.11 Å². The first-order valence-electron chi connectivity index (χ1n) is 8.13. The average molecular weight is 288 g/mol. The molecule has 1 aliphatic rings.